The molecule has 0 spiro atoms. The molecule has 1 atom stereocenters. The molecule has 188 valence electrons. The largest absolute Gasteiger partial charge is 0.478 e. The number of fused-ring (bicyclic) bond motifs is 1. The van der Waals surface area contributed by atoms with Crippen LogP contribution in [0.3, 0.4) is 0 Å². The molecule has 1 N–H and O–H groups in total. The fourth-order valence-corrected chi connectivity index (χ4v) is 5.69. The Hall–Kier alpha value is -3.22. The van der Waals surface area contributed by atoms with E-state index in [1.807, 2.05) is 0 Å². The van der Waals surface area contributed by atoms with Crippen molar-refractivity contribution in [2.45, 2.75) is 44.1 Å². The number of carboxylic acid groups (broad SMARTS) is 1. The molecule has 6 nitrogen and oxygen atoms in total. The third-order valence-electron chi connectivity index (χ3n) is 7.93. The Balaban J connectivity index is 1.31. The standard InChI is InChI=1S/C30H35N3O3/c1-32-16-12-23-19-26(33(2)25-6-3-21(4-7-25)22-13-17-36-18-14-22)8-9-27(23)29(32)10-5-24-20-31-15-11-28(24)30(34)35/h3-4,6-9,11,15,19-20,22,29H,5,10,12-14,16-18H2,1-2H3,(H,34,35)/t29-/m0/s1. The van der Waals surface area contributed by atoms with Crippen LogP contribution < -0.4 is 4.90 Å². The maximum absolute atomic E-state index is 11.6. The summed E-state index contributed by atoms with van der Waals surface area (Å²) in [6.07, 6.45) is 8.01. The van der Waals surface area contributed by atoms with Gasteiger partial charge in [-0.3, -0.25) is 9.88 Å². The van der Waals surface area contributed by atoms with Gasteiger partial charge in [0, 0.05) is 56.6 Å². The monoisotopic (exact) mass is 485 g/mol. The molecular formula is C30H35N3O3. The molecule has 1 aromatic heterocycles. The second kappa shape index (κ2) is 10.8. The van der Waals surface area contributed by atoms with Crippen molar-refractivity contribution in [2.24, 2.45) is 0 Å². The van der Waals surface area contributed by atoms with Gasteiger partial charge in [-0.1, -0.05) is 18.2 Å². The number of pyridine rings is 1. The highest BCUT2D eigenvalue weighted by atomic mass is 16.5. The summed E-state index contributed by atoms with van der Waals surface area (Å²) in [7, 11) is 4.29. The van der Waals surface area contributed by atoms with E-state index >= 15 is 0 Å². The Kier molecular flexibility index (Phi) is 7.35. The quantitative estimate of drug-likeness (QED) is 0.470. The first kappa shape index (κ1) is 24.5. The van der Waals surface area contributed by atoms with Crippen molar-refractivity contribution in [1.82, 2.24) is 9.88 Å². The molecule has 1 fully saturated rings. The smallest absolute Gasteiger partial charge is 0.336 e. The summed E-state index contributed by atoms with van der Waals surface area (Å²) < 4.78 is 5.52. The summed E-state index contributed by atoms with van der Waals surface area (Å²) in [6.45, 7) is 2.71. The van der Waals surface area contributed by atoms with Crippen molar-refractivity contribution < 1.29 is 14.6 Å². The predicted molar refractivity (Wildman–Crippen MR) is 142 cm³/mol. The fourth-order valence-electron chi connectivity index (χ4n) is 5.69. The number of benzene rings is 2. The van der Waals surface area contributed by atoms with Crippen molar-refractivity contribution in [3.8, 4) is 0 Å². The summed E-state index contributed by atoms with van der Waals surface area (Å²) in [6, 6.07) is 17.7. The van der Waals surface area contributed by atoms with E-state index in [4.69, 9.17) is 4.74 Å². The molecule has 0 saturated carbocycles. The van der Waals surface area contributed by atoms with Crippen molar-refractivity contribution >= 4 is 17.3 Å². The molecule has 5 rings (SSSR count). The Morgan fingerprint density at radius 1 is 1.11 bits per heavy atom. The highest BCUT2D eigenvalue weighted by Crippen LogP contribution is 2.36. The number of hydrogen-bond donors (Lipinski definition) is 1. The third kappa shape index (κ3) is 5.15. The SMILES string of the molecule is CN(c1ccc(C2CCOCC2)cc1)c1ccc2c(c1)CCN(C)[C@H]2CCc1cnccc1C(=O)O. The minimum atomic E-state index is -0.890. The zero-order valence-electron chi connectivity index (χ0n) is 21.2. The maximum atomic E-state index is 11.6. The average molecular weight is 486 g/mol. The van der Waals surface area contributed by atoms with Crippen molar-refractivity contribution in [3.05, 3.63) is 88.7 Å². The topological polar surface area (TPSA) is 65.9 Å². The lowest BCUT2D eigenvalue weighted by Gasteiger charge is -2.35. The number of likely N-dealkylation sites (N-methyl/N-ethyl adjacent to an activating group) is 1. The molecule has 6 heteroatoms. The number of hydrogen-bond acceptors (Lipinski definition) is 5. The van der Waals surface area contributed by atoms with E-state index in [1.165, 1.54) is 28.1 Å². The van der Waals surface area contributed by atoms with Crippen LogP contribution in [0.1, 0.15) is 63.8 Å². The van der Waals surface area contributed by atoms with E-state index in [-0.39, 0.29) is 6.04 Å². The number of aromatic nitrogens is 1. The van der Waals surface area contributed by atoms with Crippen molar-refractivity contribution in [1.29, 1.82) is 0 Å². The van der Waals surface area contributed by atoms with Gasteiger partial charge in [-0.2, -0.15) is 0 Å². The highest BCUT2D eigenvalue weighted by Gasteiger charge is 2.26. The molecule has 2 aliphatic rings. The minimum absolute atomic E-state index is 0.258. The van der Waals surface area contributed by atoms with Crippen LogP contribution in [0.25, 0.3) is 0 Å². The Morgan fingerprint density at radius 3 is 2.61 bits per heavy atom. The number of nitrogens with zero attached hydrogens (tertiary/aromatic N) is 3. The summed E-state index contributed by atoms with van der Waals surface area (Å²) in [4.78, 5) is 20.4. The summed E-state index contributed by atoms with van der Waals surface area (Å²) in [5.74, 6) is -0.285. The Bertz CT molecular complexity index is 1200. The number of aromatic carboxylic acids is 1. The molecule has 2 aromatic carbocycles. The minimum Gasteiger partial charge on any atom is -0.478 e. The van der Waals surface area contributed by atoms with E-state index < -0.39 is 5.97 Å². The van der Waals surface area contributed by atoms with Crippen LogP contribution >= 0.6 is 0 Å². The summed E-state index contributed by atoms with van der Waals surface area (Å²) in [5.41, 5.74) is 7.66. The van der Waals surface area contributed by atoms with Gasteiger partial charge in [0.25, 0.3) is 0 Å². The first-order chi connectivity index (χ1) is 17.5. The highest BCUT2D eigenvalue weighted by molar-refractivity contribution is 5.89. The maximum Gasteiger partial charge on any atom is 0.336 e. The number of carboxylic acids is 1. The van der Waals surface area contributed by atoms with Gasteiger partial charge in [-0.15, -0.1) is 0 Å². The van der Waals surface area contributed by atoms with E-state index in [0.29, 0.717) is 17.9 Å². The van der Waals surface area contributed by atoms with Crippen molar-refractivity contribution in [2.75, 3.05) is 38.8 Å². The fraction of sp³-hybridized carbons (Fsp3) is 0.400. The molecule has 2 aliphatic heterocycles. The second-order valence-electron chi connectivity index (χ2n) is 10.0. The molecule has 0 amide bonds. The second-order valence-corrected chi connectivity index (χ2v) is 10.0. The van der Waals surface area contributed by atoms with Gasteiger partial charge in [-0.05, 0) is 97.7 Å². The predicted octanol–water partition coefficient (Wildman–Crippen LogP) is 5.60. The summed E-state index contributed by atoms with van der Waals surface area (Å²) in [5, 5.41) is 9.52. The van der Waals surface area contributed by atoms with E-state index in [1.54, 1.807) is 18.5 Å². The molecule has 1 saturated heterocycles. The first-order valence-corrected chi connectivity index (χ1v) is 12.9. The molecule has 0 bridgehead atoms. The Labute approximate surface area is 213 Å². The molecule has 36 heavy (non-hydrogen) atoms. The van der Waals surface area contributed by atoms with E-state index in [9.17, 15) is 9.90 Å². The number of anilines is 2. The van der Waals surface area contributed by atoms with Gasteiger partial charge >= 0.3 is 5.97 Å². The molecule has 0 unspecified atom stereocenters. The molecule has 0 radical (unpaired) electrons. The van der Waals surface area contributed by atoms with E-state index in [2.05, 4.69) is 71.3 Å². The number of carbonyl (C=O) groups is 1. The van der Waals surface area contributed by atoms with Crippen LogP contribution in [0, 0.1) is 0 Å². The van der Waals surface area contributed by atoms with Crippen LogP contribution in [0.2, 0.25) is 0 Å². The lowest BCUT2D eigenvalue weighted by atomic mass is 9.88. The summed E-state index contributed by atoms with van der Waals surface area (Å²) >= 11 is 0. The van der Waals surface area contributed by atoms with Crippen LogP contribution in [0.4, 0.5) is 11.4 Å². The Morgan fingerprint density at radius 2 is 1.86 bits per heavy atom. The molecule has 3 aromatic rings. The van der Waals surface area contributed by atoms with Gasteiger partial charge in [0.15, 0.2) is 0 Å². The third-order valence-corrected chi connectivity index (χ3v) is 7.93. The van der Waals surface area contributed by atoms with Crippen LogP contribution in [-0.2, 0) is 17.6 Å². The zero-order valence-corrected chi connectivity index (χ0v) is 21.2. The normalized spacial score (nSPS) is 18.6. The van der Waals surface area contributed by atoms with Crippen molar-refractivity contribution in [3.63, 3.8) is 0 Å². The first-order valence-electron chi connectivity index (χ1n) is 12.9. The number of rotatable bonds is 7. The van der Waals surface area contributed by atoms with E-state index in [0.717, 1.165) is 51.0 Å². The zero-order chi connectivity index (χ0) is 25.1. The van der Waals surface area contributed by atoms with Crippen LogP contribution in [-0.4, -0.2) is 54.8 Å². The average Bonchev–Trinajstić information content (AvgIpc) is 2.92. The number of ether oxygens (including phenoxy) is 1. The van der Waals surface area contributed by atoms with Gasteiger partial charge in [0.05, 0.1) is 5.56 Å². The van der Waals surface area contributed by atoms with Crippen LogP contribution in [0.5, 0.6) is 0 Å². The molecular weight excluding hydrogens is 450 g/mol. The molecule has 3 heterocycles. The van der Waals surface area contributed by atoms with Gasteiger partial charge in [0.2, 0.25) is 0 Å². The van der Waals surface area contributed by atoms with Gasteiger partial charge in [-0.25, -0.2) is 4.79 Å². The lowest BCUT2D eigenvalue weighted by Crippen LogP contribution is -2.32. The van der Waals surface area contributed by atoms with Gasteiger partial charge < -0.3 is 14.7 Å². The lowest BCUT2D eigenvalue weighted by molar-refractivity contribution is 0.0695. The van der Waals surface area contributed by atoms with Crippen LogP contribution in [0.15, 0.2) is 60.9 Å². The number of aryl methyl sites for hydroxylation is 1. The van der Waals surface area contributed by atoms with Gasteiger partial charge in [0.1, 0.15) is 0 Å². The molecule has 0 aliphatic carbocycles.